The fourth-order valence-electron chi connectivity index (χ4n) is 2.57. The van der Waals surface area contributed by atoms with Crippen molar-refractivity contribution in [1.29, 1.82) is 0 Å². The fraction of sp³-hybridized carbons (Fsp3) is 0.562. The van der Waals surface area contributed by atoms with Crippen LogP contribution in [0.2, 0.25) is 0 Å². The first-order valence-corrected chi connectivity index (χ1v) is 7.36. The van der Waals surface area contributed by atoms with Crippen molar-refractivity contribution >= 4 is 29.9 Å². The number of piperidine rings is 1. The first-order valence-electron chi connectivity index (χ1n) is 7.36. The zero-order valence-corrected chi connectivity index (χ0v) is 15.1. The summed E-state index contributed by atoms with van der Waals surface area (Å²) >= 11 is 0. The molecule has 0 atom stereocenters. The van der Waals surface area contributed by atoms with Crippen LogP contribution < -0.4 is 5.73 Å². The van der Waals surface area contributed by atoms with Gasteiger partial charge in [-0.1, -0.05) is 13.0 Å². The van der Waals surface area contributed by atoms with Crippen LogP contribution in [0.5, 0.6) is 0 Å². The van der Waals surface area contributed by atoms with Crippen LogP contribution in [0.15, 0.2) is 23.2 Å². The Kier molecular flexibility index (Phi) is 7.42. The maximum absolute atomic E-state index is 13.0. The predicted molar refractivity (Wildman–Crippen MR) is 96.7 cm³/mol. The van der Waals surface area contributed by atoms with Crippen molar-refractivity contribution in [2.75, 3.05) is 19.6 Å². The molecule has 1 fully saturated rings. The van der Waals surface area contributed by atoms with Gasteiger partial charge in [0.15, 0.2) is 5.96 Å². The summed E-state index contributed by atoms with van der Waals surface area (Å²) in [7, 11) is 0. The van der Waals surface area contributed by atoms with Crippen LogP contribution in [-0.2, 0) is 6.42 Å². The number of likely N-dealkylation sites (tertiary alicyclic amines) is 1. The van der Waals surface area contributed by atoms with Gasteiger partial charge in [0.1, 0.15) is 5.82 Å². The molecule has 0 aliphatic carbocycles. The average Bonchev–Trinajstić information content (AvgIpc) is 2.42. The van der Waals surface area contributed by atoms with Gasteiger partial charge in [-0.15, -0.1) is 24.0 Å². The highest BCUT2D eigenvalue weighted by atomic mass is 127. The molecule has 1 aromatic carbocycles. The number of hydrogen-bond acceptors (Lipinski definition) is 1. The summed E-state index contributed by atoms with van der Waals surface area (Å²) in [6.45, 7) is 6.88. The van der Waals surface area contributed by atoms with E-state index < -0.39 is 0 Å². The summed E-state index contributed by atoms with van der Waals surface area (Å²) in [5.74, 6) is 1.26. The zero-order chi connectivity index (χ0) is 14.5. The quantitative estimate of drug-likeness (QED) is 0.476. The second kappa shape index (κ2) is 8.56. The lowest BCUT2D eigenvalue weighted by molar-refractivity contribution is 0.277. The molecule has 0 radical (unpaired) electrons. The molecule has 3 nitrogen and oxygen atoms in total. The van der Waals surface area contributed by atoms with Gasteiger partial charge in [-0.3, -0.25) is 4.99 Å². The topological polar surface area (TPSA) is 41.6 Å². The van der Waals surface area contributed by atoms with Crippen molar-refractivity contribution in [2.24, 2.45) is 16.6 Å². The number of aryl methyl sites for hydroxylation is 1. The SMILES string of the molecule is Cc1cc(F)ccc1CCN=C(N)N1CCC(C)CC1.I. The number of halogens is 2. The summed E-state index contributed by atoms with van der Waals surface area (Å²) < 4.78 is 13.0. The van der Waals surface area contributed by atoms with Crippen molar-refractivity contribution in [2.45, 2.75) is 33.1 Å². The highest BCUT2D eigenvalue weighted by molar-refractivity contribution is 14.0. The minimum absolute atomic E-state index is 0. The van der Waals surface area contributed by atoms with E-state index in [0.29, 0.717) is 12.5 Å². The summed E-state index contributed by atoms with van der Waals surface area (Å²) in [4.78, 5) is 6.62. The van der Waals surface area contributed by atoms with Gasteiger partial charge in [0.2, 0.25) is 0 Å². The number of benzene rings is 1. The van der Waals surface area contributed by atoms with Gasteiger partial charge in [0, 0.05) is 19.6 Å². The largest absolute Gasteiger partial charge is 0.370 e. The van der Waals surface area contributed by atoms with Crippen LogP contribution in [0.1, 0.15) is 30.9 Å². The molecule has 118 valence electrons. The van der Waals surface area contributed by atoms with Gasteiger partial charge in [-0.05, 0) is 55.4 Å². The third-order valence-corrected chi connectivity index (χ3v) is 4.07. The molecular weight excluding hydrogens is 380 g/mol. The molecule has 1 aliphatic heterocycles. The Morgan fingerprint density at radius 3 is 2.67 bits per heavy atom. The molecule has 1 aromatic rings. The third-order valence-electron chi connectivity index (χ3n) is 4.07. The number of nitrogens with zero attached hydrogens (tertiary/aromatic N) is 2. The summed E-state index contributed by atoms with van der Waals surface area (Å²) in [5, 5.41) is 0. The Hall–Kier alpha value is -0.850. The zero-order valence-electron chi connectivity index (χ0n) is 12.8. The van der Waals surface area contributed by atoms with Crippen LogP contribution in [0, 0.1) is 18.7 Å². The molecule has 0 saturated carbocycles. The lowest BCUT2D eigenvalue weighted by atomic mass is 10.00. The fourth-order valence-corrected chi connectivity index (χ4v) is 2.57. The smallest absolute Gasteiger partial charge is 0.191 e. The van der Waals surface area contributed by atoms with Crippen molar-refractivity contribution < 1.29 is 4.39 Å². The molecule has 2 N–H and O–H groups in total. The molecule has 5 heteroatoms. The molecule has 1 heterocycles. The predicted octanol–water partition coefficient (Wildman–Crippen LogP) is 3.34. The molecule has 0 bridgehead atoms. The lowest BCUT2D eigenvalue weighted by Crippen LogP contribution is -2.42. The molecular formula is C16H25FIN3. The molecule has 2 rings (SSSR count). The van der Waals surface area contributed by atoms with Gasteiger partial charge in [-0.2, -0.15) is 0 Å². The molecule has 0 amide bonds. The van der Waals surface area contributed by atoms with Crippen molar-refractivity contribution in [3.8, 4) is 0 Å². The van der Waals surface area contributed by atoms with Crippen molar-refractivity contribution in [3.63, 3.8) is 0 Å². The van der Waals surface area contributed by atoms with Crippen LogP contribution >= 0.6 is 24.0 Å². The lowest BCUT2D eigenvalue weighted by Gasteiger charge is -2.31. The van der Waals surface area contributed by atoms with Gasteiger partial charge < -0.3 is 10.6 Å². The minimum Gasteiger partial charge on any atom is -0.370 e. The number of rotatable bonds is 3. The van der Waals surface area contributed by atoms with Gasteiger partial charge in [0.25, 0.3) is 0 Å². The molecule has 1 saturated heterocycles. The Labute approximate surface area is 143 Å². The number of hydrogen-bond donors (Lipinski definition) is 1. The highest BCUT2D eigenvalue weighted by Crippen LogP contribution is 2.15. The van der Waals surface area contributed by atoms with Crippen molar-refractivity contribution in [3.05, 3.63) is 35.1 Å². The molecule has 21 heavy (non-hydrogen) atoms. The van der Waals surface area contributed by atoms with E-state index in [0.717, 1.165) is 36.6 Å². The average molecular weight is 405 g/mol. The minimum atomic E-state index is -0.184. The van der Waals surface area contributed by atoms with Crippen LogP contribution in [0.3, 0.4) is 0 Å². The van der Waals surface area contributed by atoms with E-state index in [-0.39, 0.29) is 29.8 Å². The monoisotopic (exact) mass is 405 g/mol. The first kappa shape index (κ1) is 18.2. The van der Waals surface area contributed by atoms with E-state index >= 15 is 0 Å². The molecule has 0 aromatic heterocycles. The Morgan fingerprint density at radius 2 is 2.05 bits per heavy atom. The number of nitrogens with two attached hydrogens (primary N) is 1. The standard InChI is InChI=1S/C16H24FN3.HI/c1-12-6-9-20(10-7-12)16(18)19-8-5-14-3-4-15(17)11-13(14)2;/h3-4,11-12H,5-10H2,1-2H3,(H2,18,19);1H. The Bertz CT molecular complexity index is 482. The first-order chi connectivity index (χ1) is 9.56. The number of aliphatic imine (C=N–C) groups is 1. The van der Waals surface area contributed by atoms with E-state index in [1.54, 1.807) is 6.07 Å². The van der Waals surface area contributed by atoms with Crippen LogP contribution in [0.25, 0.3) is 0 Å². The summed E-state index contributed by atoms with van der Waals surface area (Å²) in [6.07, 6.45) is 3.18. The van der Waals surface area contributed by atoms with Crippen molar-refractivity contribution in [1.82, 2.24) is 4.90 Å². The second-order valence-corrected chi connectivity index (χ2v) is 5.73. The van der Waals surface area contributed by atoms with E-state index in [1.807, 2.05) is 13.0 Å². The van der Waals surface area contributed by atoms with Gasteiger partial charge in [-0.25, -0.2) is 4.39 Å². The van der Waals surface area contributed by atoms with Crippen LogP contribution in [0.4, 0.5) is 4.39 Å². The van der Waals surface area contributed by atoms with E-state index in [4.69, 9.17) is 5.73 Å². The van der Waals surface area contributed by atoms with E-state index in [9.17, 15) is 4.39 Å². The Balaban J connectivity index is 0.00000220. The molecule has 0 unspecified atom stereocenters. The third kappa shape index (κ3) is 5.45. The van der Waals surface area contributed by atoms with Crippen LogP contribution in [-0.4, -0.2) is 30.5 Å². The number of guanidine groups is 1. The van der Waals surface area contributed by atoms with Gasteiger partial charge >= 0.3 is 0 Å². The Morgan fingerprint density at radius 1 is 1.38 bits per heavy atom. The molecule has 1 aliphatic rings. The summed E-state index contributed by atoms with van der Waals surface area (Å²) in [5.41, 5.74) is 8.15. The normalized spacial score (nSPS) is 16.7. The highest BCUT2D eigenvalue weighted by Gasteiger charge is 2.16. The maximum atomic E-state index is 13.0. The van der Waals surface area contributed by atoms with E-state index in [2.05, 4.69) is 16.8 Å². The second-order valence-electron chi connectivity index (χ2n) is 5.73. The maximum Gasteiger partial charge on any atom is 0.191 e. The van der Waals surface area contributed by atoms with E-state index in [1.165, 1.54) is 18.9 Å². The summed E-state index contributed by atoms with van der Waals surface area (Å²) in [6, 6.07) is 4.90. The molecule has 0 spiro atoms. The van der Waals surface area contributed by atoms with Gasteiger partial charge in [0.05, 0.1) is 0 Å².